The molecule has 0 atom stereocenters. The number of hydrogen-bond donors (Lipinski definition) is 1. The van der Waals surface area contributed by atoms with Crippen molar-refractivity contribution in [3.63, 3.8) is 0 Å². The molecule has 1 aromatic carbocycles. The van der Waals surface area contributed by atoms with Crippen LogP contribution >= 0.6 is 0 Å². The Morgan fingerprint density at radius 1 is 1.33 bits per heavy atom. The maximum Gasteiger partial charge on any atom is 0.257 e. The molecule has 0 bridgehead atoms. The lowest BCUT2D eigenvalue weighted by Crippen LogP contribution is -2.30. The number of amides is 2. The number of carbonyl (C=O) groups excluding carboxylic acids is 2. The summed E-state index contributed by atoms with van der Waals surface area (Å²) in [6.07, 6.45) is 2.32. The lowest BCUT2D eigenvalue weighted by molar-refractivity contribution is -0.127. The summed E-state index contributed by atoms with van der Waals surface area (Å²) >= 11 is 0. The van der Waals surface area contributed by atoms with E-state index >= 15 is 0 Å². The fourth-order valence-corrected chi connectivity index (χ4v) is 2.93. The van der Waals surface area contributed by atoms with E-state index in [1.165, 1.54) is 0 Å². The first-order valence-corrected chi connectivity index (χ1v) is 8.24. The summed E-state index contributed by atoms with van der Waals surface area (Å²) in [4.78, 5) is 25.9. The van der Waals surface area contributed by atoms with Gasteiger partial charge in [-0.3, -0.25) is 9.59 Å². The minimum atomic E-state index is -0.194. The summed E-state index contributed by atoms with van der Waals surface area (Å²) in [5.41, 5.74) is 1.88. The van der Waals surface area contributed by atoms with Crippen LogP contribution in [-0.4, -0.2) is 41.5 Å². The fourth-order valence-electron chi connectivity index (χ4n) is 2.93. The van der Waals surface area contributed by atoms with Gasteiger partial charge in [0.15, 0.2) is 0 Å². The van der Waals surface area contributed by atoms with Crippen molar-refractivity contribution in [1.82, 2.24) is 15.4 Å². The quantitative estimate of drug-likeness (QED) is 0.827. The molecule has 6 heteroatoms. The van der Waals surface area contributed by atoms with E-state index < -0.39 is 0 Å². The third-order valence-corrected chi connectivity index (χ3v) is 4.20. The van der Waals surface area contributed by atoms with Crippen LogP contribution in [0.3, 0.4) is 0 Å². The number of aromatic nitrogens is 1. The Bertz CT molecular complexity index is 724. The first-order valence-electron chi connectivity index (χ1n) is 8.24. The first kappa shape index (κ1) is 16.2. The van der Waals surface area contributed by atoms with Gasteiger partial charge < -0.3 is 14.7 Å². The predicted molar refractivity (Wildman–Crippen MR) is 89.4 cm³/mol. The molecule has 1 N–H and O–H groups in total. The number of rotatable bonds is 6. The summed E-state index contributed by atoms with van der Waals surface area (Å²) in [6, 6.07) is 9.50. The highest BCUT2D eigenvalue weighted by atomic mass is 16.5. The number of benzene rings is 1. The Morgan fingerprint density at radius 3 is 2.83 bits per heavy atom. The van der Waals surface area contributed by atoms with Crippen LogP contribution in [0.25, 0.3) is 11.3 Å². The maximum atomic E-state index is 12.5. The molecule has 1 saturated heterocycles. The third kappa shape index (κ3) is 3.48. The van der Waals surface area contributed by atoms with E-state index in [0.29, 0.717) is 36.5 Å². The second kappa shape index (κ2) is 7.29. The van der Waals surface area contributed by atoms with Crippen molar-refractivity contribution in [3.8, 4) is 11.3 Å². The van der Waals surface area contributed by atoms with Crippen LogP contribution in [0.5, 0.6) is 0 Å². The largest absolute Gasteiger partial charge is 0.360 e. The van der Waals surface area contributed by atoms with Crippen molar-refractivity contribution in [3.05, 3.63) is 41.7 Å². The van der Waals surface area contributed by atoms with E-state index in [4.69, 9.17) is 4.52 Å². The number of aryl methyl sites for hydroxylation is 1. The molecule has 0 aliphatic carbocycles. The minimum Gasteiger partial charge on any atom is -0.360 e. The van der Waals surface area contributed by atoms with Crippen molar-refractivity contribution < 1.29 is 14.1 Å². The second-order valence-electron chi connectivity index (χ2n) is 5.92. The zero-order valence-electron chi connectivity index (χ0n) is 13.7. The molecule has 0 radical (unpaired) electrons. The van der Waals surface area contributed by atoms with Crippen LogP contribution in [0, 0.1) is 6.92 Å². The van der Waals surface area contributed by atoms with Crippen LogP contribution < -0.4 is 5.32 Å². The van der Waals surface area contributed by atoms with Crippen molar-refractivity contribution in [2.45, 2.75) is 26.2 Å². The Balaban J connectivity index is 1.59. The lowest BCUT2D eigenvalue weighted by Gasteiger charge is -2.15. The SMILES string of the molecule is Cc1onc(-c2ccccc2)c1C(=O)NCCCN1CCCC1=O. The predicted octanol–water partition coefficient (Wildman–Crippen LogP) is 2.39. The molecule has 24 heavy (non-hydrogen) atoms. The zero-order valence-corrected chi connectivity index (χ0v) is 13.7. The van der Waals surface area contributed by atoms with Crippen molar-refractivity contribution >= 4 is 11.8 Å². The Kier molecular flexibility index (Phi) is 4.93. The average Bonchev–Trinajstić information content (AvgIpc) is 3.18. The van der Waals surface area contributed by atoms with Gasteiger partial charge in [0.05, 0.1) is 0 Å². The lowest BCUT2D eigenvalue weighted by atomic mass is 10.1. The molecular weight excluding hydrogens is 306 g/mol. The molecule has 3 rings (SSSR count). The van der Waals surface area contributed by atoms with Gasteiger partial charge >= 0.3 is 0 Å². The Hall–Kier alpha value is -2.63. The van der Waals surface area contributed by atoms with Gasteiger partial charge in [0.2, 0.25) is 5.91 Å². The van der Waals surface area contributed by atoms with E-state index in [1.807, 2.05) is 35.2 Å². The molecular formula is C18H21N3O3. The highest BCUT2D eigenvalue weighted by molar-refractivity contribution is 6.00. The van der Waals surface area contributed by atoms with Gasteiger partial charge in [0.1, 0.15) is 17.0 Å². The van der Waals surface area contributed by atoms with Crippen molar-refractivity contribution in [1.29, 1.82) is 0 Å². The molecule has 0 saturated carbocycles. The normalized spacial score (nSPS) is 14.2. The van der Waals surface area contributed by atoms with E-state index in [-0.39, 0.29) is 11.8 Å². The van der Waals surface area contributed by atoms with E-state index in [0.717, 1.165) is 24.9 Å². The smallest absolute Gasteiger partial charge is 0.257 e. The minimum absolute atomic E-state index is 0.194. The molecule has 2 aromatic rings. The summed E-state index contributed by atoms with van der Waals surface area (Å²) in [5, 5.41) is 6.92. The highest BCUT2D eigenvalue weighted by Crippen LogP contribution is 2.24. The highest BCUT2D eigenvalue weighted by Gasteiger charge is 2.22. The molecule has 6 nitrogen and oxygen atoms in total. The van der Waals surface area contributed by atoms with Gasteiger partial charge in [0.25, 0.3) is 5.91 Å². The third-order valence-electron chi connectivity index (χ3n) is 4.20. The molecule has 1 fully saturated rings. The molecule has 0 unspecified atom stereocenters. The van der Waals surface area contributed by atoms with Gasteiger partial charge in [0, 0.05) is 31.6 Å². The van der Waals surface area contributed by atoms with Crippen molar-refractivity contribution in [2.75, 3.05) is 19.6 Å². The Morgan fingerprint density at radius 2 is 2.12 bits per heavy atom. The van der Waals surface area contributed by atoms with Crippen molar-refractivity contribution in [2.24, 2.45) is 0 Å². The van der Waals surface area contributed by atoms with E-state index in [9.17, 15) is 9.59 Å². The van der Waals surface area contributed by atoms with E-state index in [1.54, 1.807) is 6.92 Å². The monoisotopic (exact) mass is 327 g/mol. The number of carbonyl (C=O) groups is 2. The van der Waals surface area contributed by atoms with E-state index in [2.05, 4.69) is 10.5 Å². The van der Waals surface area contributed by atoms with Crippen LogP contribution in [-0.2, 0) is 4.79 Å². The standard InChI is InChI=1S/C18H21N3O3/c1-13-16(17(20-24-13)14-7-3-2-4-8-14)18(23)19-10-6-12-21-11-5-9-15(21)22/h2-4,7-8H,5-6,9-12H2,1H3,(H,19,23). The number of likely N-dealkylation sites (tertiary alicyclic amines) is 1. The molecule has 1 aromatic heterocycles. The first-order chi connectivity index (χ1) is 11.7. The van der Waals surface area contributed by atoms with Gasteiger partial charge in [-0.1, -0.05) is 35.5 Å². The topological polar surface area (TPSA) is 75.4 Å². The van der Waals surface area contributed by atoms with Gasteiger partial charge in [-0.2, -0.15) is 0 Å². The summed E-state index contributed by atoms with van der Waals surface area (Å²) < 4.78 is 5.21. The van der Waals surface area contributed by atoms with Crippen LogP contribution in [0.4, 0.5) is 0 Å². The maximum absolute atomic E-state index is 12.5. The molecule has 2 amide bonds. The number of nitrogens with zero attached hydrogens (tertiary/aromatic N) is 2. The van der Waals surface area contributed by atoms with Crippen LogP contribution in [0.15, 0.2) is 34.9 Å². The summed E-state index contributed by atoms with van der Waals surface area (Å²) in [7, 11) is 0. The van der Waals surface area contributed by atoms with Gasteiger partial charge in [-0.05, 0) is 19.8 Å². The van der Waals surface area contributed by atoms with Crippen LogP contribution in [0.2, 0.25) is 0 Å². The summed E-state index contributed by atoms with van der Waals surface area (Å²) in [5.74, 6) is 0.518. The Labute approximate surface area is 140 Å². The number of nitrogens with one attached hydrogen (secondary N) is 1. The second-order valence-corrected chi connectivity index (χ2v) is 5.92. The van der Waals surface area contributed by atoms with Gasteiger partial charge in [-0.15, -0.1) is 0 Å². The average molecular weight is 327 g/mol. The van der Waals surface area contributed by atoms with Gasteiger partial charge in [-0.25, -0.2) is 0 Å². The number of hydrogen-bond acceptors (Lipinski definition) is 4. The molecule has 126 valence electrons. The van der Waals surface area contributed by atoms with Crippen LogP contribution in [0.1, 0.15) is 35.4 Å². The molecule has 1 aliphatic heterocycles. The summed E-state index contributed by atoms with van der Waals surface area (Å²) in [6.45, 7) is 3.77. The molecule has 1 aliphatic rings. The molecule has 0 spiro atoms. The molecule has 2 heterocycles. The zero-order chi connectivity index (χ0) is 16.9. The fraction of sp³-hybridized carbons (Fsp3) is 0.389.